The maximum Gasteiger partial charge on any atom is 0.0648 e. The highest BCUT2D eigenvalue weighted by Gasteiger charge is 2.11. The van der Waals surface area contributed by atoms with Crippen molar-refractivity contribution in [2.45, 2.75) is 20.8 Å². The van der Waals surface area contributed by atoms with Crippen molar-refractivity contribution in [1.82, 2.24) is 9.55 Å². The van der Waals surface area contributed by atoms with E-state index in [9.17, 15) is 0 Å². The van der Waals surface area contributed by atoms with Gasteiger partial charge in [0.1, 0.15) is 0 Å². The molecular weight excluding hydrogens is 234 g/mol. The van der Waals surface area contributed by atoms with E-state index in [1.807, 2.05) is 13.0 Å². The van der Waals surface area contributed by atoms with Gasteiger partial charge in [0.2, 0.25) is 0 Å². The van der Waals surface area contributed by atoms with E-state index in [0.717, 1.165) is 27.8 Å². The van der Waals surface area contributed by atoms with Gasteiger partial charge in [-0.1, -0.05) is 0 Å². The van der Waals surface area contributed by atoms with Crippen molar-refractivity contribution in [3.8, 4) is 11.4 Å². The molecule has 3 aromatic rings. The SMILES string of the molecule is Cc1cc2[nH]c(-c3cc(C)c(C)n3C)cc2cc1N. The number of fused-ring (bicyclic) bond motifs is 1. The standard InChI is InChI=1S/C16H19N3/c1-9-6-16(19(4)11(9)3)15-8-12-7-13(17)10(2)5-14(12)18-15/h5-8,18H,17H2,1-4H3. The molecule has 0 aliphatic carbocycles. The number of aromatic nitrogens is 2. The average molecular weight is 253 g/mol. The van der Waals surface area contributed by atoms with Gasteiger partial charge in [0.25, 0.3) is 0 Å². The Kier molecular flexibility index (Phi) is 2.45. The highest BCUT2D eigenvalue weighted by Crippen LogP contribution is 2.29. The van der Waals surface area contributed by atoms with E-state index >= 15 is 0 Å². The molecule has 0 bridgehead atoms. The predicted molar refractivity (Wildman–Crippen MR) is 81.3 cm³/mol. The summed E-state index contributed by atoms with van der Waals surface area (Å²) in [6.45, 7) is 6.32. The molecule has 0 unspecified atom stereocenters. The second-order valence-electron chi connectivity index (χ2n) is 5.34. The van der Waals surface area contributed by atoms with Gasteiger partial charge < -0.3 is 15.3 Å². The van der Waals surface area contributed by atoms with Gasteiger partial charge in [-0.2, -0.15) is 0 Å². The lowest BCUT2D eigenvalue weighted by molar-refractivity contribution is 0.882. The van der Waals surface area contributed by atoms with Gasteiger partial charge in [-0.3, -0.25) is 0 Å². The second-order valence-corrected chi connectivity index (χ2v) is 5.34. The predicted octanol–water partition coefficient (Wildman–Crippen LogP) is 3.68. The van der Waals surface area contributed by atoms with Crippen molar-refractivity contribution in [3.63, 3.8) is 0 Å². The zero-order chi connectivity index (χ0) is 13.7. The largest absolute Gasteiger partial charge is 0.398 e. The van der Waals surface area contributed by atoms with Crippen LogP contribution in [0, 0.1) is 20.8 Å². The first kappa shape index (κ1) is 11.9. The molecule has 3 rings (SSSR count). The lowest BCUT2D eigenvalue weighted by atomic mass is 10.1. The number of benzene rings is 1. The van der Waals surface area contributed by atoms with Gasteiger partial charge in [-0.15, -0.1) is 0 Å². The third-order valence-electron chi connectivity index (χ3n) is 4.07. The topological polar surface area (TPSA) is 46.7 Å². The van der Waals surface area contributed by atoms with Crippen LogP contribution >= 0.6 is 0 Å². The number of rotatable bonds is 1. The fourth-order valence-corrected chi connectivity index (χ4v) is 2.55. The molecule has 1 aromatic carbocycles. The molecular formula is C16H19N3. The summed E-state index contributed by atoms with van der Waals surface area (Å²) in [7, 11) is 2.10. The second kappa shape index (κ2) is 3.92. The van der Waals surface area contributed by atoms with E-state index < -0.39 is 0 Å². The van der Waals surface area contributed by atoms with Crippen LogP contribution in [-0.4, -0.2) is 9.55 Å². The molecule has 0 atom stereocenters. The summed E-state index contributed by atoms with van der Waals surface area (Å²) < 4.78 is 2.22. The molecule has 2 aromatic heterocycles. The van der Waals surface area contributed by atoms with Crippen LogP contribution < -0.4 is 5.73 Å². The molecule has 3 N–H and O–H groups in total. The molecule has 0 saturated carbocycles. The van der Waals surface area contributed by atoms with Gasteiger partial charge in [0.15, 0.2) is 0 Å². The molecule has 3 nitrogen and oxygen atoms in total. The third-order valence-corrected chi connectivity index (χ3v) is 4.07. The summed E-state index contributed by atoms with van der Waals surface area (Å²) in [5.41, 5.74) is 14.0. The van der Waals surface area contributed by atoms with Crippen molar-refractivity contribution in [2.24, 2.45) is 7.05 Å². The minimum Gasteiger partial charge on any atom is -0.398 e. The smallest absolute Gasteiger partial charge is 0.0648 e. The van der Waals surface area contributed by atoms with Crippen LogP contribution in [0.1, 0.15) is 16.8 Å². The Bertz CT molecular complexity index is 736. The number of hydrogen-bond acceptors (Lipinski definition) is 1. The Morgan fingerprint density at radius 2 is 1.74 bits per heavy atom. The quantitative estimate of drug-likeness (QED) is 0.638. The number of nitrogens with two attached hydrogens (primary N) is 1. The summed E-state index contributed by atoms with van der Waals surface area (Å²) in [6.07, 6.45) is 0. The Morgan fingerprint density at radius 1 is 1.00 bits per heavy atom. The maximum absolute atomic E-state index is 5.97. The molecule has 0 amide bonds. The zero-order valence-corrected chi connectivity index (χ0v) is 11.8. The summed E-state index contributed by atoms with van der Waals surface area (Å²) in [6, 6.07) is 8.53. The van der Waals surface area contributed by atoms with Crippen molar-refractivity contribution in [3.05, 3.63) is 41.1 Å². The molecule has 0 aliphatic heterocycles. The molecule has 0 saturated heterocycles. The number of aromatic amines is 1. The van der Waals surface area contributed by atoms with Crippen LogP contribution in [0.15, 0.2) is 24.3 Å². The molecule has 0 fully saturated rings. The highest BCUT2D eigenvalue weighted by molar-refractivity contribution is 5.89. The van der Waals surface area contributed by atoms with E-state index in [-0.39, 0.29) is 0 Å². The minimum atomic E-state index is 0.845. The number of nitrogens with zero attached hydrogens (tertiary/aromatic N) is 1. The zero-order valence-electron chi connectivity index (χ0n) is 11.8. The fraction of sp³-hybridized carbons (Fsp3) is 0.250. The Hall–Kier alpha value is -2.16. The summed E-state index contributed by atoms with van der Waals surface area (Å²) in [5.74, 6) is 0. The number of H-pyrrole nitrogens is 1. The van der Waals surface area contributed by atoms with Crippen LogP contribution in [0.25, 0.3) is 22.3 Å². The minimum absolute atomic E-state index is 0.845. The van der Waals surface area contributed by atoms with E-state index in [1.165, 1.54) is 17.0 Å². The lowest BCUT2D eigenvalue weighted by Gasteiger charge is -2.02. The maximum atomic E-state index is 5.97. The first-order valence-corrected chi connectivity index (χ1v) is 6.49. The van der Waals surface area contributed by atoms with E-state index in [0.29, 0.717) is 0 Å². The number of hydrogen-bond donors (Lipinski definition) is 2. The first-order valence-electron chi connectivity index (χ1n) is 6.49. The number of aryl methyl sites for hydroxylation is 2. The third kappa shape index (κ3) is 1.73. The molecule has 0 spiro atoms. The summed E-state index contributed by atoms with van der Waals surface area (Å²) in [5, 5.41) is 1.16. The van der Waals surface area contributed by atoms with Crippen LogP contribution in [-0.2, 0) is 7.05 Å². The van der Waals surface area contributed by atoms with Crippen LogP contribution in [0.3, 0.4) is 0 Å². The van der Waals surface area contributed by atoms with Gasteiger partial charge >= 0.3 is 0 Å². The Balaban J connectivity index is 2.23. The Morgan fingerprint density at radius 3 is 2.37 bits per heavy atom. The van der Waals surface area contributed by atoms with Gasteiger partial charge in [-0.05, 0) is 56.2 Å². The van der Waals surface area contributed by atoms with E-state index in [2.05, 4.69) is 48.6 Å². The highest BCUT2D eigenvalue weighted by atomic mass is 15.0. The summed E-state index contributed by atoms with van der Waals surface area (Å²) in [4.78, 5) is 3.48. The van der Waals surface area contributed by atoms with Crippen molar-refractivity contribution in [2.75, 3.05) is 5.73 Å². The molecule has 3 heteroatoms. The lowest BCUT2D eigenvalue weighted by Crippen LogP contribution is -1.94. The van der Waals surface area contributed by atoms with Crippen molar-refractivity contribution >= 4 is 16.6 Å². The number of nitrogen functional groups attached to an aromatic ring is 1. The van der Waals surface area contributed by atoms with E-state index in [1.54, 1.807) is 0 Å². The van der Waals surface area contributed by atoms with Crippen LogP contribution in [0.2, 0.25) is 0 Å². The van der Waals surface area contributed by atoms with Crippen LogP contribution in [0.4, 0.5) is 5.69 Å². The number of anilines is 1. The molecule has 98 valence electrons. The number of nitrogens with one attached hydrogen (secondary N) is 1. The average Bonchev–Trinajstić information content (AvgIpc) is 2.86. The van der Waals surface area contributed by atoms with E-state index in [4.69, 9.17) is 5.73 Å². The molecule has 0 radical (unpaired) electrons. The van der Waals surface area contributed by atoms with Crippen LogP contribution in [0.5, 0.6) is 0 Å². The Labute approximate surface area is 113 Å². The van der Waals surface area contributed by atoms with Crippen molar-refractivity contribution in [1.29, 1.82) is 0 Å². The normalized spacial score (nSPS) is 11.4. The molecule has 0 aliphatic rings. The fourth-order valence-electron chi connectivity index (χ4n) is 2.55. The molecule has 19 heavy (non-hydrogen) atoms. The van der Waals surface area contributed by atoms with Crippen molar-refractivity contribution < 1.29 is 0 Å². The summed E-state index contributed by atoms with van der Waals surface area (Å²) >= 11 is 0. The van der Waals surface area contributed by atoms with Gasteiger partial charge in [0.05, 0.1) is 11.4 Å². The van der Waals surface area contributed by atoms with Gasteiger partial charge in [0, 0.05) is 29.3 Å². The first-order chi connectivity index (χ1) is 8.97. The monoisotopic (exact) mass is 253 g/mol. The van der Waals surface area contributed by atoms with Gasteiger partial charge in [-0.25, -0.2) is 0 Å². The molecule has 2 heterocycles.